The van der Waals surface area contributed by atoms with Gasteiger partial charge in [0.25, 0.3) is 0 Å². The van der Waals surface area contributed by atoms with E-state index in [-0.39, 0.29) is 0 Å². The summed E-state index contributed by atoms with van der Waals surface area (Å²) in [6, 6.07) is 0. The van der Waals surface area contributed by atoms with Crippen molar-refractivity contribution in [2.24, 2.45) is 5.41 Å². The summed E-state index contributed by atoms with van der Waals surface area (Å²) in [5, 5.41) is 3.64. The van der Waals surface area contributed by atoms with Gasteiger partial charge in [-0.1, -0.05) is 13.3 Å². The van der Waals surface area contributed by atoms with E-state index in [1.165, 1.54) is 57.9 Å². The van der Waals surface area contributed by atoms with Crippen LogP contribution in [0, 0.1) is 5.41 Å². The Kier molecular flexibility index (Phi) is 6.62. The lowest BCUT2D eigenvalue weighted by Gasteiger charge is -2.38. The molecule has 1 atom stereocenters. The Balaban J connectivity index is 1.72. The van der Waals surface area contributed by atoms with Gasteiger partial charge in [0.15, 0.2) is 0 Å². The summed E-state index contributed by atoms with van der Waals surface area (Å²) in [6.07, 6.45) is 10.7. The second-order valence-electron chi connectivity index (χ2n) is 6.32. The van der Waals surface area contributed by atoms with E-state index in [4.69, 9.17) is 9.47 Å². The largest absolute Gasteiger partial charge is 0.381 e. The molecule has 2 saturated heterocycles. The number of ether oxygens (including phenoxy) is 2. The minimum absolute atomic E-state index is 0.492. The van der Waals surface area contributed by atoms with Crippen molar-refractivity contribution in [3.8, 4) is 0 Å². The van der Waals surface area contributed by atoms with Crippen LogP contribution in [-0.4, -0.2) is 39.0 Å². The van der Waals surface area contributed by atoms with E-state index in [0.717, 1.165) is 26.4 Å². The zero-order valence-electron chi connectivity index (χ0n) is 12.6. The van der Waals surface area contributed by atoms with Gasteiger partial charge < -0.3 is 14.8 Å². The molecule has 0 spiro atoms. The van der Waals surface area contributed by atoms with Gasteiger partial charge in [-0.05, 0) is 56.9 Å². The Morgan fingerprint density at radius 2 is 2.05 bits per heavy atom. The van der Waals surface area contributed by atoms with Crippen LogP contribution in [0.3, 0.4) is 0 Å². The maximum atomic E-state index is 5.73. The molecule has 2 fully saturated rings. The first-order valence-electron chi connectivity index (χ1n) is 8.25. The molecule has 0 aliphatic carbocycles. The van der Waals surface area contributed by atoms with Crippen LogP contribution in [0.1, 0.15) is 58.3 Å². The van der Waals surface area contributed by atoms with E-state index in [0.29, 0.717) is 11.5 Å². The van der Waals surface area contributed by atoms with Crippen LogP contribution in [0.4, 0.5) is 0 Å². The molecule has 0 aromatic rings. The highest BCUT2D eigenvalue weighted by molar-refractivity contribution is 4.84. The molecule has 2 rings (SSSR count). The molecule has 1 unspecified atom stereocenters. The molecule has 1 N–H and O–H groups in total. The average Bonchev–Trinajstić information content (AvgIpc) is 2.93. The van der Waals surface area contributed by atoms with Gasteiger partial charge in [-0.15, -0.1) is 0 Å². The van der Waals surface area contributed by atoms with E-state index in [1.54, 1.807) is 0 Å². The fourth-order valence-electron chi connectivity index (χ4n) is 3.43. The minimum atomic E-state index is 0.492. The van der Waals surface area contributed by atoms with E-state index in [1.807, 2.05) is 0 Å². The number of hydrogen-bond donors (Lipinski definition) is 1. The molecule has 3 nitrogen and oxygen atoms in total. The molecule has 3 heteroatoms. The Hall–Kier alpha value is -0.120. The number of rotatable bonds is 8. The third kappa shape index (κ3) is 5.05. The second-order valence-corrected chi connectivity index (χ2v) is 6.32. The monoisotopic (exact) mass is 269 g/mol. The zero-order chi connectivity index (χ0) is 13.4. The smallest absolute Gasteiger partial charge is 0.0576 e. The van der Waals surface area contributed by atoms with E-state index < -0.39 is 0 Å². The maximum Gasteiger partial charge on any atom is 0.0576 e. The van der Waals surface area contributed by atoms with Crippen LogP contribution < -0.4 is 5.32 Å². The Bertz CT molecular complexity index is 233. The molecular weight excluding hydrogens is 238 g/mol. The van der Waals surface area contributed by atoms with Crippen molar-refractivity contribution in [2.45, 2.75) is 64.4 Å². The Morgan fingerprint density at radius 1 is 1.21 bits per heavy atom. The number of nitrogens with one attached hydrogen (secondary N) is 1. The zero-order valence-corrected chi connectivity index (χ0v) is 12.6. The van der Waals surface area contributed by atoms with Crippen molar-refractivity contribution in [3.05, 3.63) is 0 Å². The fourth-order valence-corrected chi connectivity index (χ4v) is 3.43. The van der Waals surface area contributed by atoms with Crippen molar-refractivity contribution in [2.75, 3.05) is 32.9 Å². The molecule has 2 heterocycles. The lowest BCUT2D eigenvalue weighted by atomic mass is 9.75. The van der Waals surface area contributed by atoms with Crippen LogP contribution in [0.5, 0.6) is 0 Å². The fraction of sp³-hybridized carbons (Fsp3) is 1.00. The van der Waals surface area contributed by atoms with Crippen LogP contribution in [0.2, 0.25) is 0 Å². The highest BCUT2D eigenvalue weighted by atomic mass is 16.5. The van der Waals surface area contributed by atoms with Gasteiger partial charge in [-0.3, -0.25) is 0 Å². The third-order valence-electron chi connectivity index (χ3n) is 4.74. The molecule has 0 radical (unpaired) electrons. The topological polar surface area (TPSA) is 30.5 Å². The van der Waals surface area contributed by atoms with Crippen LogP contribution >= 0.6 is 0 Å². The third-order valence-corrected chi connectivity index (χ3v) is 4.74. The average molecular weight is 269 g/mol. The van der Waals surface area contributed by atoms with Crippen molar-refractivity contribution in [1.82, 2.24) is 5.32 Å². The lowest BCUT2D eigenvalue weighted by Crippen LogP contribution is -2.39. The van der Waals surface area contributed by atoms with Crippen molar-refractivity contribution in [3.63, 3.8) is 0 Å². The predicted molar refractivity (Wildman–Crippen MR) is 78.5 cm³/mol. The van der Waals surface area contributed by atoms with E-state index in [2.05, 4.69) is 12.2 Å². The summed E-state index contributed by atoms with van der Waals surface area (Å²) in [5.74, 6) is 0. The van der Waals surface area contributed by atoms with Crippen molar-refractivity contribution < 1.29 is 9.47 Å². The molecule has 0 aromatic heterocycles. The van der Waals surface area contributed by atoms with Crippen LogP contribution in [0.25, 0.3) is 0 Å². The standard InChI is InChI=1S/C16H31NO2/c1-2-10-17-14-16(8-12-18-13-9-16)7-3-5-15-6-4-11-19-15/h15,17H,2-14H2,1H3. The van der Waals surface area contributed by atoms with Gasteiger partial charge in [-0.25, -0.2) is 0 Å². The van der Waals surface area contributed by atoms with Gasteiger partial charge in [-0.2, -0.15) is 0 Å². The highest BCUT2D eigenvalue weighted by Crippen LogP contribution is 2.36. The number of hydrogen-bond acceptors (Lipinski definition) is 3. The van der Waals surface area contributed by atoms with Crippen LogP contribution in [-0.2, 0) is 9.47 Å². The van der Waals surface area contributed by atoms with E-state index >= 15 is 0 Å². The molecule has 0 aromatic carbocycles. The van der Waals surface area contributed by atoms with Gasteiger partial charge in [0.2, 0.25) is 0 Å². The molecular formula is C16H31NO2. The SMILES string of the molecule is CCCNCC1(CCCC2CCCO2)CCOCC1. The van der Waals surface area contributed by atoms with Gasteiger partial charge >= 0.3 is 0 Å². The minimum Gasteiger partial charge on any atom is -0.381 e. The van der Waals surface area contributed by atoms with Crippen molar-refractivity contribution >= 4 is 0 Å². The molecule has 2 aliphatic rings. The molecule has 0 amide bonds. The second kappa shape index (κ2) is 8.23. The summed E-state index contributed by atoms with van der Waals surface area (Å²) in [6.45, 7) is 7.45. The first-order chi connectivity index (χ1) is 9.35. The van der Waals surface area contributed by atoms with Gasteiger partial charge in [0.1, 0.15) is 0 Å². The summed E-state index contributed by atoms with van der Waals surface area (Å²) in [7, 11) is 0. The summed E-state index contributed by atoms with van der Waals surface area (Å²) < 4.78 is 11.3. The molecule has 2 aliphatic heterocycles. The summed E-state index contributed by atoms with van der Waals surface area (Å²) in [4.78, 5) is 0. The Morgan fingerprint density at radius 3 is 2.74 bits per heavy atom. The van der Waals surface area contributed by atoms with Gasteiger partial charge in [0.05, 0.1) is 6.10 Å². The summed E-state index contributed by atoms with van der Waals surface area (Å²) >= 11 is 0. The summed E-state index contributed by atoms with van der Waals surface area (Å²) in [5.41, 5.74) is 0.492. The lowest BCUT2D eigenvalue weighted by molar-refractivity contribution is 0.00689. The maximum absolute atomic E-state index is 5.73. The molecule has 19 heavy (non-hydrogen) atoms. The molecule has 0 bridgehead atoms. The quantitative estimate of drug-likeness (QED) is 0.687. The van der Waals surface area contributed by atoms with E-state index in [9.17, 15) is 0 Å². The Labute approximate surface area is 118 Å². The predicted octanol–water partition coefficient (Wildman–Crippen LogP) is 3.13. The van der Waals surface area contributed by atoms with Crippen LogP contribution in [0.15, 0.2) is 0 Å². The molecule has 112 valence electrons. The van der Waals surface area contributed by atoms with Gasteiger partial charge in [0, 0.05) is 26.4 Å². The first kappa shape index (κ1) is 15.3. The highest BCUT2D eigenvalue weighted by Gasteiger charge is 2.32. The normalized spacial score (nSPS) is 26.7. The van der Waals surface area contributed by atoms with Crippen molar-refractivity contribution in [1.29, 1.82) is 0 Å². The first-order valence-corrected chi connectivity index (χ1v) is 8.25. The molecule has 0 saturated carbocycles.